The molecule has 0 radical (unpaired) electrons. The van der Waals surface area contributed by atoms with E-state index in [1.807, 2.05) is 6.07 Å². The summed E-state index contributed by atoms with van der Waals surface area (Å²) in [5.41, 5.74) is 6.36. The molecule has 0 aliphatic rings. The Kier molecular flexibility index (Phi) is 4.77. The van der Waals surface area contributed by atoms with Gasteiger partial charge >= 0.3 is 0 Å². The van der Waals surface area contributed by atoms with Gasteiger partial charge in [-0.05, 0) is 59.0 Å². The molecule has 0 aliphatic carbocycles. The van der Waals surface area contributed by atoms with E-state index in [-0.39, 0.29) is 11.0 Å². The summed E-state index contributed by atoms with van der Waals surface area (Å²) in [5.74, 6) is 0.420. The molecule has 0 saturated heterocycles. The highest BCUT2D eigenvalue weighted by molar-refractivity contribution is 7.80. The van der Waals surface area contributed by atoms with Gasteiger partial charge in [0, 0.05) is 5.56 Å². The van der Waals surface area contributed by atoms with Gasteiger partial charge < -0.3 is 9.73 Å². The van der Waals surface area contributed by atoms with Gasteiger partial charge in [-0.2, -0.15) is 0 Å². The molecular formula is C14H13N7O2S. The van der Waals surface area contributed by atoms with Crippen LogP contribution in [-0.4, -0.2) is 31.2 Å². The van der Waals surface area contributed by atoms with Gasteiger partial charge in [-0.1, -0.05) is 0 Å². The molecule has 10 heteroatoms. The third-order valence-electron chi connectivity index (χ3n) is 3.04. The first kappa shape index (κ1) is 15.6. The predicted molar refractivity (Wildman–Crippen MR) is 87.9 cm³/mol. The number of carbonyl (C=O) groups is 1. The molecule has 1 aromatic carbocycles. The maximum atomic E-state index is 12.1. The summed E-state index contributed by atoms with van der Waals surface area (Å²) in [6.07, 6.45) is 3.05. The van der Waals surface area contributed by atoms with Crippen molar-refractivity contribution in [3.05, 3.63) is 60.3 Å². The predicted octanol–water partition coefficient (Wildman–Crippen LogP) is 0.564. The van der Waals surface area contributed by atoms with Gasteiger partial charge in [-0.15, -0.1) is 5.10 Å². The van der Waals surface area contributed by atoms with Crippen LogP contribution in [-0.2, 0) is 6.54 Å². The van der Waals surface area contributed by atoms with Crippen LogP contribution >= 0.6 is 12.2 Å². The van der Waals surface area contributed by atoms with E-state index in [0.29, 0.717) is 12.1 Å². The van der Waals surface area contributed by atoms with Gasteiger partial charge in [-0.3, -0.25) is 15.6 Å². The number of hydrogen-bond donors (Lipinski definition) is 3. The summed E-state index contributed by atoms with van der Waals surface area (Å²) in [6, 6.07) is 10.4. The number of rotatable bonds is 4. The average molecular weight is 343 g/mol. The largest absolute Gasteiger partial charge is 0.467 e. The van der Waals surface area contributed by atoms with Crippen LogP contribution in [0.1, 0.15) is 16.1 Å². The zero-order valence-corrected chi connectivity index (χ0v) is 13.2. The Hall–Kier alpha value is -3.27. The number of tetrazole rings is 1. The van der Waals surface area contributed by atoms with Gasteiger partial charge in [0.2, 0.25) is 0 Å². The van der Waals surface area contributed by atoms with Crippen LogP contribution < -0.4 is 16.2 Å². The molecule has 0 fully saturated rings. The van der Waals surface area contributed by atoms with Crippen molar-refractivity contribution < 1.29 is 9.21 Å². The van der Waals surface area contributed by atoms with Crippen molar-refractivity contribution in [2.75, 3.05) is 0 Å². The van der Waals surface area contributed by atoms with E-state index >= 15 is 0 Å². The molecule has 0 unspecified atom stereocenters. The monoisotopic (exact) mass is 343 g/mol. The molecule has 2 heterocycles. The fourth-order valence-corrected chi connectivity index (χ4v) is 1.98. The van der Waals surface area contributed by atoms with Gasteiger partial charge in [0.15, 0.2) is 5.11 Å². The van der Waals surface area contributed by atoms with E-state index in [1.54, 1.807) is 36.6 Å². The lowest BCUT2D eigenvalue weighted by Gasteiger charge is -2.11. The van der Waals surface area contributed by atoms with Crippen molar-refractivity contribution in [2.24, 2.45) is 0 Å². The van der Waals surface area contributed by atoms with Crippen molar-refractivity contribution >= 4 is 23.2 Å². The van der Waals surface area contributed by atoms with E-state index in [9.17, 15) is 4.79 Å². The second-order valence-corrected chi connectivity index (χ2v) is 5.05. The Morgan fingerprint density at radius 1 is 1.21 bits per heavy atom. The Bertz CT molecular complexity index is 800. The summed E-state index contributed by atoms with van der Waals surface area (Å²) in [6.45, 7) is 0.426. The summed E-state index contributed by atoms with van der Waals surface area (Å²) < 4.78 is 6.66. The standard InChI is InChI=1S/C14H13N7O2S/c22-13(17-18-14(24)15-8-12-2-1-7-23-12)10-3-5-11(6-4-10)21-9-16-19-20-21/h1-7,9H,8H2,(H,17,22)(H2,15,18,24). The molecule has 1 amide bonds. The molecule has 0 aliphatic heterocycles. The summed E-state index contributed by atoms with van der Waals surface area (Å²) in [7, 11) is 0. The lowest BCUT2D eigenvalue weighted by atomic mass is 10.2. The molecule has 0 saturated carbocycles. The minimum absolute atomic E-state index is 0.282. The maximum Gasteiger partial charge on any atom is 0.269 e. The van der Waals surface area contributed by atoms with Crippen molar-refractivity contribution in [2.45, 2.75) is 6.54 Å². The second kappa shape index (κ2) is 7.33. The molecule has 0 bridgehead atoms. The molecule has 24 heavy (non-hydrogen) atoms. The van der Waals surface area contributed by atoms with Crippen molar-refractivity contribution in [3.8, 4) is 5.69 Å². The number of benzene rings is 1. The van der Waals surface area contributed by atoms with Crippen LogP contribution in [0.25, 0.3) is 5.69 Å². The third-order valence-corrected chi connectivity index (χ3v) is 3.28. The third kappa shape index (κ3) is 3.93. The number of carbonyl (C=O) groups excluding carboxylic acids is 1. The molecule has 3 rings (SSSR count). The lowest BCUT2D eigenvalue weighted by Crippen LogP contribution is -2.46. The first-order valence-electron chi connectivity index (χ1n) is 6.92. The first-order chi connectivity index (χ1) is 11.7. The van der Waals surface area contributed by atoms with E-state index in [0.717, 1.165) is 11.4 Å². The van der Waals surface area contributed by atoms with Crippen LogP contribution in [0.5, 0.6) is 0 Å². The SMILES string of the molecule is O=C(NNC(=S)NCc1ccco1)c1ccc(-n2cnnn2)cc1. The number of hydrazine groups is 1. The van der Waals surface area contributed by atoms with Crippen molar-refractivity contribution in [1.29, 1.82) is 0 Å². The van der Waals surface area contributed by atoms with Crippen LogP contribution in [0.15, 0.2) is 53.4 Å². The Balaban J connectivity index is 1.48. The maximum absolute atomic E-state index is 12.1. The lowest BCUT2D eigenvalue weighted by molar-refractivity contribution is 0.0943. The number of furan rings is 1. The zero-order valence-electron chi connectivity index (χ0n) is 12.3. The van der Waals surface area contributed by atoms with Gasteiger partial charge in [0.05, 0.1) is 18.5 Å². The molecule has 9 nitrogen and oxygen atoms in total. The molecule has 0 atom stereocenters. The molecule has 0 spiro atoms. The van der Waals surface area contributed by atoms with Crippen LogP contribution in [0.2, 0.25) is 0 Å². The van der Waals surface area contributed by atoms with Crippen molar-refractivity contribution in [1.82, 2.24) is 36.4 Å². The van der Waals surface area contributed by atoms with Gasteiger partial charge in [0.1, 0.15) is 12.1 Å². The molecule has 122 valence electrons. The fourth-order valence-electron chi connectivity index (χ4n) is 1.86. The number of amides is 1. The minimum Gasteiger partial charge on any atom is -0.467 e. The normalized spacial score (nSPS) is 10.2. The molecule has 3 N–H and O–H groups in total. The number of thiocarbonyl (C=S) groups is 1. The number of nitrogens with one attached hydrogen (secondary N) is 3. The van der Waals surface area contributed by atoms with E-state index < -0.39 is 0 Å². The van der Waals surface area contributed by atoms with Gasteiger partial charge in [-0.25, -0.2) is 4.68 Å². The Labute approximate surface area is 142 Å². The van der Waals surface area contributed by atoms with E-state index in [1.165, 1.54) is 11.0 Å². The number of hydrogen-bond acceptors (Lipinski definition) is 6. The topological polar surface area (TPSA) is 110 Å². The Morgan fingerprint density at radius 3 is 2.71 bits per heavy atom. The zero-order chi connectivity index (χ0) is 16.8. The number of nitrogens with zero attached hydrogens (tertiary/aromatic N) is 4. The second-order valence-electron chi connectivity index (χ2n) is 4.64. The van der Waals surface area contributed by atoms with Gasteiger partial charge in [0.25, 0.3) is 5.91 Å². The van der Waals surface area contributed by atoms with E-state index in [4.69, 9.17) is 16.6 Å². The summed E-state index contributed by atoms with van der Waals surface area (Å²) in [5, 5.41) is 14.1. The summed E-state index contributed by atoms with van der Waals surface area (Å²) in [4.78, 5) is 12.1. The smallest absolute Gasteiger partial charge is 0.269 e. The Morgan fingerprint density at radius 2 is 2.04 bits per heavy atom. The van der Waals surface area contributed by atoms with Crippen LogP contribution in [0.4, 0.5) is 0 Å². The fraction of sp³-hybridized carbons (Fsp3) is 0.0714. The highest BCUT2D eigenvalue weighted by atomic mass is 32.1. The highest BCUT2D eigenvalue weighted by Crippen LogP contribution is 2.07. The molecular weight excluding hydrogens is 330 g/mol. The van der Waals surface area contributed by atoms with Crippen LogP contribution in [0.3, 0.4) is 0 Å². The van der Waals surface area contributed by atoms with Crippen LogP contribution in [0, 0.1) is 0 Å². The quantitative estimate of drug-likeness (QED) is 0.466. The average Bonchev–Trinajstić information content (AvgIpc) is 3.31. The van der Waals surface area contributed by atoms with E-state index in [2.05, 4.69) is 31.7 Å². The molecule has 3 aromatic rings. The highest BCUT2D eigenvalue weighted by Gasteiger charge is 2.07. The minimum atomic E-state index is -0.319. The van der Waals surface area contributed by atoms with Crippen molar-refractivity contribution in [3.63, 3.8) is 0 Å². The first-order valence-corrected chi connectivity index (χ1v) is 7.33. The number of aromatic nitrogens is 4. The molecule has 2 aromatic heterocycles. The summed E-state index contributed by atoms with van der Waals surface area (Å²) >= 11 is 5.07.